The molecule has 0 radical (unpaired) electrons. The highest BCUT2D eigenvalue weighted by atomic mass is 16.5. The molecule has 0 bridgehead atoms. The first-order valence-corrected chi connectivity index (χ1v) is 9.80. The molecule has 0 aliphatic heterocycles. The molecule has 1 aromatic rings. The molecule has 0 heterocycles. The first-order valence-electron chi connectivity index (χ1n) is 9.80. The van der Waals surface area contributed by atoms with Crippen LogP contribution in [-0.4, -0.2) is 16.2 Å². The summed E-state index contributed by atoms with van der Waals surface area (Å²) in [4.78, 5) is 11.5. The maximum absolute atomic E-state index is 11.5. The van der Waals surface area contributed by atoms with E-state index in [-0.39, 0.29) is 17.2 Å². The molecule has 0 aliphatic rings. The van der Waals surface area contributed by atoms with Crippen LogP contribution in [0, 0.1) is 0 Å². The number of carbonyl (C=O) groups is 1. The van der Waals surface area contributed by atoms with Gasteiger partial charge in [-0.05, 0) is 52.9 Å². The molecule has 1 rings (SSSR count). The highest BCUT2D eigenvalue weighted by Gasteiger charge is 2.19. The topological polar surface area (TPSA) is 66.8 Å². The summed E-state index contributed by atoms with van der Waals surface area (Å²) in [5, 5.41) is 20.6. The molecule has 4 nitrogen and oxygen atoms in total. The van der Waals surface area contributed by atoms with Gasteiger partial charge in [0.15, 0.2) is 11.5 Å². The zero-order chi connectivity index (χ0) is 20.4. The molecule has 0 atom stereocenters. The highest BCUT2D eigenvalue weighted by molar-refractivity contribution is 5.72. The molecule has 0 fully saturated rings. The number of unbranched alkanes of at least 4 members (excludes halogenated alkanes) is 2. The Hall–Kier alpha value is -2.23. The van der Waals surface area contributed by atoms with Crippen LogP contribution in [0.2, 0.25) is 0 Å². The average Bonchev–Trinajstić information content (AvgIpc) is 2.57. The molecule has 0 spiro atoms. The van der Waals surface area contributed by atoms with Crippen LogP contribution < -0.4 is 4.74 Å². The Labute approximate surface area is 163 Å². The maximum atomic E-state index is 11.5. The normalized spacial score (nSPS) is 11.4. The number of ether oxygens (including phenoxy) is 1. The zero-order valence-corrected chi connectivity index (χ0v) is 17.4. The molecule has 4 heteroatoms. The minimum Gasteiger partial charge on any atom is -0.508 e. The fourth-order valence-electron chi connectivity index (χ4n) is 3.00. The van der Waals surface area contributed by atoms with E-state index in [1.165, 1.54) is 24.1 Å². The van der Waals surface area contributed by atoms with E-state index in [1.807, 2.05) is 0 Å². The molecular formula is C23H34O4. The lowest BCUT2D eigenvalue weighted by molar-refractivity contribution is -0.132. The van der Waals surface area contributed by atoms with Crippen molar-refractivity contribution in [2.75, 3.05) is 0 Å². The van der Waals surface area contributed by atoms with E-state index >= 15 is 0 Å². The van der Waals surface area contributed by atoms with Crippen LogP contribution in [0.25, 0.3) is 0 Å². The van der Waals surface area contributed by atoms with Gasteiger partial charge in [0.2, 0.25) is 0 Å². The number of aromatic hydroxyl groups is 2. The summed E-state index contributed by atoms with van der Waals surface area (Å²) in [7, 11) is 0. The predicted octanol–water partition coefficient (Wildman–Crippen LogP) is 5.99. The van der Waals surface area contributed by atoms with Crippen LogP contribution in [0.5, 0.6) is 17.2 Å². The van der Waals surface area contributed by atoms with Gasteiger partial charge in [-0.25, -0.2) is 0 Å². The highest BCUT2D eigenvalue weighted by Crippen LogP contribution is 2.40. The Balaban J connectivity index is 3.14. The van der Waals surface area contributed by atoms with Gasteiger partial charge >= 0.3 is 5.97 Å². The first-order chi connectivity index (χ1) is 12.8. The van der Waals surface area contributed by atoms with Crippen molar-refractivity contribution in [2.24, 2.45) is 0 Å². The predicted molar refractivity (Wildman–Crippen MR) is 110 cm³/mol. The minimum atomic E-state index is -0.480. The van der Waals surface area contributed by atoms with Crippen LogP contribution >= 0.6 is 0 Å². The maximum Gasteiger partial charge on any atom is 0.308 e. The number of phenols is 2. The van der Waals surface area contributed by atoms with E-state index in [2.05, 4.69) is 39.8 Å². The summed E-state index contributed by atoms with van der Waals surface area (Å²) in [6.45, 7) is 9.70. The Morgan fingerprint density at radius 1 is 1.04 bits per heavy atom. The Bertz CT molecular complexity index is 695. The first kappa shape index (κ1) is 22.8. The van der Waals surface area contributed by atoms with Crippen molar-refractivity contribution >= 4 is 5.97 Å². The number of hydrogen-bond donors (Lipinski definition) is 2. The van der Waals surface area contributed by atoms with Crippen LogP contribution in [0.1, 0.15) is 77.8 Å². The second-order valence-corrected chi connectivity index (χ2v) is 7.33. The molecule has 0 unspecified atom stereocenters. The number of carbonyl (C=O) groups excluding carboxylic acids is 1. The molecule has 0 saturated heterocycles. The largest absolute Gasteiger partial charge is 0.508 e. The lowest BCUT2D eigenvalue weighted by atomic mass is 9.95. The third-order valence-electron chi connectivity index (χ3n) is 4.48. The van der Waals surface area contributed by atoms with Crippen molar-refractivity contribution in [1.82, 2.24) is 0 Å². The number of phenolic OH excluding ortho intramolecular Hbond substituents is 2. The third-order valence-corrected chi connectivity index (χ3v) is 4.48. The van der Waals surface area contributed by atoms with E-state index in [1.54, 1.807) is 0 Å². The molecule has 0 aromatic heterocycles. The Morgan fingerprint density at radius 3 is 2.33 bits per heavy atom. The zero-order valence-electron chi connectivity index (χ0n) is 17.4. The van der Waals surface area contributed by atoms with Crippen LogP contribution in [-0.2, 0) is 17.6 Å². The number of hydrogen-bond acceptors (Lipinski definition) is 4. The molecule has 150 valence electrons. The summed E-state index contributed by atoms with van der Waals surface area (Å²) >= 11 is 0. The summed E-state index contributed by atoms with van der Waals surface area (Å²) in [6, 6.07) is 1.27. The fraction of sp³-hybridized carbons (Fsp3) is 0.522. The number of benzene rings is 1. The summed E-state index contributed by atoms with van der Waals surface area (Å²) in [5.74, 6) is -0.445. The third kappa shape index (κ3) is 7.90. The van der Waals surface area contributed by atoms with Gasteiger partial charge in [-0.1, -0.05) is 43.1 Å². The van der Waals surface area contributed by atoms with Crippen LogP contribution in [0.4, 0.5) is 0 Å². The summed E-state index contributed by atoms with van der Waals surface area (Å²) < 4.78 is 5.27. The van der Waals surface area contributed by atoms with Gasteiger partial charge in [0.1, 0.15) is 5.75 Å². The Morgan fingerprint density at radius 2 is 1.74 bits per heavy atom. The van der Waals surface area contributed by atoms with Crippen molar-refractivity contribution in [3.63, 3.8) is 0 Å². The quantitative estimate of drug-likeness (QED) is 0.228. The number of allylic oxidation sites excluding steroid dienone is 4. The molecular weight excluding hydrogens is 340 g/mol. The van der Waals surface area contributed by atoms with Crippen molar-refractivity contribution in [3.05, 3.63) is 40.5 Å². The van der Waals surface area contributed by atoms with Crippen molar-refractivity contribution < 1.29 is 19.7 Å². The smallest absolute Gasteiger partial charge is 0.308 e. The van der Waals surface area contributed by atoms with E-state index < -0.39 is 5.97 Å². The SMILES string of the molecule is CCCCCc1c(C/C=C(\C)CCC=C(C)C)c(O)cc(O)c1OC(C)=O. The van der Waals surface area contributed by atoms with E-state index in [0.717, 1.165) is 43.2 Å². The van der Waals surface area contributed by atoms with Gasteiger partial charge < -0.3 is 14.9 Å². The summed E-state index contributed by atoms with van der Waals surface area (Å²) in [5.41, 5.74) is 4.00. The monoisotopic (exact) mass is 374 g/mol. The van der Waals surface area contributed by atoms with Gasteiger partial charge in [0.05, 0.1) is 0 Å². The fourth-order valence-corrected chi connectivity index (χ4v) is 3.00. The average molecular weight is 375 g/mol. The molecule has 0 amide bonds. The van der Waals surface area contributed by atoms with E-state index in [4.69, 9.17) is 4.74 Å². The lowest BCUT2D eigenvalue weighted by Crippen LogP contribution is -2.07. The van der Waals surface area contributed by atoms with Crippen molar-refractivity contribution in [3.8, 4) is 17.2 Å². The van der Waals surface area contributed by atoms with Gasteiger partial charge in [-0.2, -0.15) is 0 Å². The molecule has 27 heavy (non-hydrogen) atoms. The summed E-state index contributed by atoms with van der Waals surface area (Å²) in [6.07, 6.45) is 10.5. The van der Waals surface area contributed by atoms with Gasteiger partial charge in [-0.3, -0.25) is 4.79 Å². The van der Waals surface area contributed by atoms with Crippen LogP contribution in [0.15, 0.2) is 29.4 Å². The lowest BCUT2D eigenvalue weighted by Gasteiger charge is -2.17. The second-order valence-electron chi connectivity index (χ2n) is 7.33. The molecule has 2 N–H and O–H groups in total. The molecule has 0 saturated carbocycles. The molecule has 1 aromatic carbocycles. The second kappa shape index (κ2) is 11.5. The van der Waals surface area contributed by atoms with Gasteiger partial charge in [0, 0.05) is 24.1 Å². The van der Waals surface area contributed by atoms with Gasteiger partial charge in [-0.15, -0.1) is 0 Å². The van der Waals surface area contributed by atoms with Gasteiger partial charge in [0.25, 0.3) is 0 Å². The standard InChI is InChI=1S/C23H34O4/c1-6-7-8-12-20-19(14-13-17(4)11-9-10-16(2)3)21(25)15-22(26)23(20)27-18(5)24/h10,13,15,25-26H,6-9,11-12,14H2,1-5H3/b17-13+. The number of esters is 1. The molecule has 0 aliphatic carbocycles. The number of rotatable bonds is 10. The minimum absolute atomic E-state index is 0.0447. The van der Waals surface area contributed by atoms with Crippen LogP contribution in [0.3, 0.4) is 0 Å². The van der Waals surface area contributed by atoms with Crippen molar-refractivity contribution in [2.45, 2.75) is 79.6 Å². The van der Waals surface area contributed by atoms with E-state index in [9.17, 15) is 15.0 Å². The Kier molecular flexibility index (Phi) is 9.70. The van der Waals surface area contributed by atoms with E-state index in [0.29, 0.717) is 12.8 Å². The van der Waals surface area contributed by atoms with Crippen molar-refractivity contribution in [1.29, 1.82) is 0 Å².